The first-order valence-corrected chi connectivity index (χ1v) is 17.6. The number of ether oxygens (including phenoxy) is 1. The first-order valence-electron chi connectivity index (χ1n) is 17.6. The highest BCUT2D eigenvalue weighted by molar-refractivity contribution is 6.00. The first kappa shape index (κ1) is 34.3. The number of hydrogen-bond donors (Lipinski definition) is 2. The van der Waals surface area contributed by atoms with E-state index in [1.807, 2.05) is 44.3 Å². The van der Waals surface area contributed by atoms with Crippen molar-refractivity contribution in [2.24, 2.45) is 0 Å². The molecule has 2 saturated heterocycles. The third-order valence-corrected chi connectivity index (χ3v) is 9.73. The molecule has 2 N–H and O–H groups in total. The van der Waals surface area contributed by atoms with Crippen molar-refractivity contribution >= 4 is 23.4 Å². The van der Waals surface area contributed by atoms with Gasteiger partial charge in [-0.15, -0.1) is 0 Å². The van der Waals surface area contributed by atoms with Gasteiger partial charge in [-0.2, -0.15) is 5.10 Å². The molecule has 3 amide bonds. The van der Waals surface area contributed by atoms with Crippen molar-refractivity contribution in [1.29, 1.82) is 0 Å². The number of amides is 3. The van der Waals surface area contributed by atoms with E-state index in [-0.39, 0.29) is 17.7 Å². The van der Waals surface area contributed by atoms with E-state index in [4.69, 9.17) is 4.74 Å². The predicted molar refractivity (Wildman–Crippen MR) is 189 cm³/mol. The Hall–Kier alpha value is -4.57. The minimum Gasteiger partial charge on any atom is -0.444 e. The minimum atomic E-state index is -0.533. The van der Waals surface area contributed by atoms with Crippen molar-refractivity contribution in [2.75, 3.05) is 19.6 Å². The lowest BCUT2D eigenvalue weighted by molar-refractivity contribution is -0.134. The number of likely N-dealkylation sites (tertiary alicyclic amines) is 1. The van der Waals surface area contributed by atoms with Crippen molar-refractivity contribution in [2.45, 2.75) is 96.6 Å². The van der Waals surface area contributed by atoms with Gasteiger partial charge >= 0.3 is 6.09 Å². The number of aryl methyl sites for hydroxylation is 2. The summed E-state index contributed by atoms with van der Waals surface area (Å²) in [7, 11) is 0. The number of carbonyl (C=O) groups is 3. The quantitative estimate of drug-likeness (QED) is 0.148. The van der Waals surface area contributed by atoms with Crippen LogP contribution in [0.2, 0.25) is 0 Å². The van der Waals surface area contributed by atoms with Gasteiger partial charge in [-0.25, -0.2) is 14.3 Å². The zero-order valence-corrected chi connectivity index (χ0v) is 29.1. The van der Waals surface area contributed by atoms with Crippen LogP contribution in [0.4, 0.5) is 4.79 Å². The number of rotatable bonds is 10. The second-order valence-corrected chi connectivity index (χ2v) is 14.5. The Bertz CT molecular complexity index is 1800. The van der Waals surface area contributed by atoms with Crippen LogP contribution < -0.4 is 10.6 Å². The zero-order valence-electron chi connectivity index (χ0n) is 29.1. The highest BCUT2D eigenvalue weighted by Crippen LogP contribution is 2.31. The van der Waals surface area contributed by atoms with Crippen molar-refractivity contribution in [3.05, 3.63) is 88.9 Å². The van der Waals surface area contributed by atoms with E-state index in [9.17, 15) is 14.4 Å². The molecule has 4 heterocycles. The van der Waals surface area contributed by atoms with Crippen LogP contribution in [0.15, 0.2) is 61.1 Å². The van der Waals surface area contributed by atoms with E-state index in [1.165, 1.54) is 11.1 Å². The molecule has 0 aliphatic carbocycles. The van der Waals surface area contributed by atoms with Crippen LogP contribution in [0, 0.1) is 6.92 Å². The van der Waals surface area contributed by atoms with Crippen LogP contribution in [0.3, 0.4) is 0 Å². The highest BCUT2D eigenvalue weighted by atomic mass is 16.6. The summed E-state index contributed by atoms with van der Waals surface area (Å²) >= 11 is 0. The van der Waals surface area contributed by atoms with E-state index in [2.05, 4.69) is 68.2 Å². The Labute approximate surface area is 288 Å². The Balaban J connectivity index is 0.964. The number of piperidine rings is 2. The SMILES string of the molecule is Cc1cc(-c2ncnn3cc(CCCCN4CCC(c5ccc(C6CCC(=O)NC6=O)cc5)CC4)cc23)ccc1CNC(=O)OC(C)(C)C. The number of imide groups is 1. The molecule has 258 valence electrons. The average molecular weight is 665 g/mol. The number of hydrogen-bond acceptors (Lipinski definition) is 7. The summed E-state index contributed by atoms with van der Waals surface area (Å²) in [5, 5.41) is 9.79. The molecule has 0 bridgehead atoms. The van der Waals surface area contributed by atoms with Gasteiger partial charge in [-0.3, -0.25) is 14.9 Å². The van der Waals surface area contributed by atoms with Crippen molar-refractivity contribution in [1.82, 2.24) is 30.1 Å². The monoisotopic (exact) mass is 664 g/mol. The number of carbonyl (C=O) groups excluding carboxylic acids is 3. The fourth-order valence-electron chi connectivity index (χ4n) is 7.03. The molecule has 10 heteroatoms. The van der Waals surface area contributed by atoms with Crippen LogP contribution >= 0.6 is 0 Å². The van der Waals surface area contributed by atoms with Gasteiger partial charge in [0.1, 0.15) is 11.9 Å². The van der Waals surface area contributed by atoms with Crippen molar-refractivity contribution < 1.29 is 19.1 Å². The molecule has 49 heavy (non-hydrogen) atoms. The number of unbranched alkanes of at least 4 members (excludes halogenated alkanes) is 1. The molecular formula is C39H48N6O4. The maximum atomic E-state index is 12.2. The predicted octanol–water partition coefficient (Wildman–Crippen LogP) is 6.45. The molecule has 2 aromatic heterocycles. The molecule has 4 aromatic rings. The standard InChI is InChI=1S/C39H48N6O4/c1-26-21-31(12-13-32(26)23-40-38(48)49-39(2,3)4)36-34-22-27(24-45(34)42-25-41-36)7-5-6-18-44-19-16-29(17-20-44)28-8-10-30(11-9-28)33-14-15-35(46)43-37(33)47/h8-13,21-22,24-25,29,33H,5-7,14-20,23H2,1-4H3,(H,40,48)(H,43,46,47). The lowest BCUT2D eigenvalue weighted by Crippen LogP contribution is -2.39. The van der Waals surface area contributed by atoms with E-state index in [0.717, 1.165) is 85.2 Å². The molecule has 0 spiro atoms. The lowest BCUT2D eigenvalue weighted by atomic mass is 9.86. The zero-order chi connectivity index (χ0) is 34.5. The second-order valence-electron chi connectivity index (χ2n) is 14.5. The maximum absolute atomic E-state index is 12.2. The molecule has 10 nitrogen and oxygen atoms in total. The third kappa shape index (κ3) is 8.73. The molecule has 0 radical (unpaired) electrons. The lowest BCUT2D eigenvalue weighted by Gasteiger charge is -2.32. The summed E-state index contributed by atoms with van der Waals surface area (Å²) in [4.78, 5) is 43.1. The van der Waals surface area contributed by atoms with Gasteiger partial charge in [-0.1, -0.05) is 36.4 Å². The second kappa shape index (κ2) is 14.9. The maximum Gasteiger partial charge on any atom is 0.407 e. The van der Waals surface area contributed by atoms with Gasteiger partial charge in [-0.05, 0) is 132 Å². The molecule has 6 rings (SSSR count). The third-order valence-electron chi connectivity index (χ3n) is 9.73. The number of nitrogens with zero attached hydrogens (tertiary/aromatic N) is 4. The van der Waals surface area contributed by atoms with Gasteiger partial charge in [0, 0.05) is 24.7 Å². The van der Waals surface area contributed by atoms with E-state index in [1.54, 1.807) is 6.33 Å². The fourth-order valence-corrected chi connectivity index (χ4v) is 7.03. The molecule has 1 unspecified atom stereocenters. The van der Waals surface area contributed by atoms with E-state index in [0.29, 0.717) is 25.3 Å². The Morgan fingerprint density at radius 1 is 1.00 bits per heavy atom. The summed E-state index contributed by atoms with van der Waals surface area (Å²) in [6.07, 6.45) is 9.83. The summed E-state index contributed by atoms with van der Waals surface area (Å²) in [5.74, 6) is -0.0246. The van der Waals surface area contributed by atoms with Gasteiger partial charge in [0.2, 0.25) is 11.8 Å². The summed E-state index contributed by atoms with van der Waals surface area (Å²) in [6.45, 7) is 11.3. The number of benzene rings is 2. The first-order chi connectivity index (χ1) is 23.5. The molecule has 2 fully saturated rings. The molecule has 2 aromatic carbocycles. The van der Waals surface area contributed by atoms with Gasteiger partial charge in [0.15, 0.2) is 0 Å². The smallest absolute Gasteiger partial charge is 0.407 e. The van der Waals surface area contributed by atoms with Gasteiger partial charge < -0.3 is 15.0 Å². The number of nitrogens with one attached hydrogen (secondary N) is 2. The summed E-state index contributed by atoms with van der Waals surface area (Å²) in [5.41, 5.74) is 8.08. The summed E-state index contributed by atoms with van der Waals surface area (Å²) in [6, 6.07) is 16.9. The normalized spacial score (nSPS) is 17.7. The number of aromatic nitrogens is 3. The van der Waals surface area contributed by atoms with Crippen molar-refractivity contribution in [3.8, 4) is 11.3 Å². The Kier molecular flexibility index (Phi) is 10.4. The number of alkyl carbamates (subject to hydrolysis) is 1. The largest absolute Gasteiger partial charge is 0.444 e. The van der Waals surface area contributed by atoms with Crippen LogP contribution in [0.5, 0.6) is 0 Å². The van der Waals surface area contributed by atoms with Crippen LogP contribution in [-0.4, -0.2) is 62.6 Å². The van der Waals surface area contributed by atoms with E-state index < -0.39 is 11.7 Å². The average Bonchev–Trinajstić information content (AvgIpc) is 3.49. The molecular weight excluding hydrogens is 616 g/mol. The number of fused-ring (bicyclic) bond motifs is 1. The fraction of sp³-hybridized carbons (Fsp3) is 0.462. The van der Waals surface area contributed by atoms with Gasteiger partial charge in [0.25, 0.3) is 0 Å². The Morgan fingerprint density at radius 3 is 2.47 bits per heavy atom. The topological polar surface area (TPSA) is 118 Å². The van der Waals surface area contributed by atoms with Crippen LogP contribution in [0.1, 0.15) is 98.9 Å². The van der Waals surface area contributed by atoms with Crippen LogP contribution in [0.25, 0.3) is 16.8 Å². The molecule has 0 saturated carbocycles. The molecule has 2 aliphatic heterocycles. The summed E-state index contributed by atoms with van der Waals surface area (Å²) < 4.78 is 7.29. The molecule has 1 atom stereocenters. The minimum absolute atomic E-state index is 0.172. The Morgan fingerprint density at radius 2 is 1.76 bits per heavy atom. The van der Waals surface area contributed by atoms with E-state index >= 15 is 0 Å². The van der Waals surface area contributed by atoms with Gasteiger partial charge in [0.05, 0.1) is 17.1 Å². The molecule has 2 aliphatic rings. The van der Waals surface area contributed by atoms with Crippen LogP contribution in [-0.2, 0) is 27.3 Å². The van der Waals surface area contributed by atoms with Crippen molar-refractivity contribution in [3.63, 3.8) is 0 Å². The highest BCUT2D eigenvalue weighted by Gasteiger charge is 2.28.